The lowest BCUT2D eigenvalue weighted by molar-refractivity contribution is -0.146. The second-order valence-electron chi connectivity index (χ2n) is 5.25. The summed E-state index contributed by atoms with van der Waals surface area (Å²) in [4.78, 5) is 38.4. The minimum Gasteiger partial charge on any atom is -0.455 e. The number of esters is 1. The van der Waals surface area contributed by atoms with Crippen LogP contribution in [0.2, 0.25) is 10.0 Å². The van der Waals surface area contributed by atoms with Gasteiger partial charge in [-0.05, 0) is 23.8 Å². The Balaban J connectivity index is 1.80. The molecular formula is C17H15Cl2N3O4. The van der Waals surface area contributed by atoms with Crippen molar-refractivity contribution < 1.29 is 19.1 Å². The topological polar surface area (TPSA) is 97.4 Å². The summed E-state index contributed by atoms with van der Waals surface area (Å²) in [5.74, 6) is -1.19. The number of nitrogens with one attached hydrogen (secondary N) is 2. The average molecular weight is 396 g/mol. The summed E-state index contributed by atoms with van der Waals surface area (Å²) in [6.45, 7) is 0.937. The Kier molecular flexibility index (Phi) is 6.94. The van der Waals surface area contributed by atoms with Gasteiger partial charge in [0.1, 0.15) is 0 Å². The summed E-state index contributed by atoms with van der Waals surface area (Å²) >= 11 is 11.6. The molecule has 7 nitrogen and oxygen atoms in total. The summed E-state index contributed by atoms with van der Waals surface area (Å²) in [6, 6.07) is 8.15. The van der Waals surface area contributed by atoms with Gasteiger partial charge in [-0.2, -0.15) is 0 Å². The van der Waals surface area contributed by atoms with Crippen molar-refractivity contribution in [1.82, 2.24) is 4.98 Å². The van der Waals surface area contributed by atoms with Crippen molar-refractivity contribution in [3.8, 4) is 0 Å². The number of benzene rings is 1. The molecule has 9 heteroatoms. The molecular weight excluding hydrogens is 381 g/mol. The number of ether oxygens (including phenoxy) is 1. The van der Waals surface area contributed by atoms with Crippen molar-refractivity contribution in [3.63, 3.8) is 0 Å². The monoisotopic (exact) mass is 395 g/mol. The van der Waals surface area contributed by atoms with Crippen molar-refractivity contribution >= 4 is 52.5 Å². The Morgan fingerprint density at radius 1 is 1.12 bits per heavy atom. The molecule has 2 aromatic rings. The number of hydrogen-bond acceptors (Lipinski definition) is 5. The lowest BCUT2D eigenvalue weighted by atomic mass is 10.1. The van der Waals surface area contributed by atoms with E-state index in [-0.39, 0.29) is 23.2 Å². The van der Waals surface area contributed by atoms with Crippen LogP contribution in [0.3, 0.4) is 0 Å². The summed E-state index contributed by atoms with van der Waals surface area (Å²) in [7, 11) is 0. The molecule has 2 rings (SSSR count). The van der Waals surface area contributed by atoms with Gasteiger partial charge in [0.05, 0.1) is 16.5 Å². The van der Waals surface area contributed by atoms with Crippen LogP contribution >= 0.6 is 23.2 Å². The molecule has 2 amide bonds. The Morgan fingerprint density at radius 3 is 2.42 bits per heavy atom. The molecule has 0 aliphatic rings. The van der Waals surface area contributed by atoms with Crippen LogP contribution in [0.15, 0.2) is 36.5 Å². The van der Waals surface area contributed by atoms with Crippen LogP contribution < -0.4 is 10.6 Å². The number of rotatable bonds is 6. The first-order valence-corrected chi connectivity index (χ1v) is 8.22. The van der Waals surface area contributed by atoms with Crippen LogP contribution in [-0.4, -0.2) is 29.4 Å². The van der Waals surface area contributed by atoms with Crippen LogP contribution in [0.5, 0.6) is 0 Å². The fourth-order valence-electron chi connectivity index (χ4n) is 1.95. The van der Waals surface area contributed by atoms with E-state index in [0.717, 1.165) is 0 Å². The van der Waals surface area contributed by atoms with Gasteiger partial charge in [0.15, 0.2) is 12.4 Å². The van der Waals surface area contributed by atoms with Crippen molar-refractivity contribution in [2.24, 2.45) is 0 Å². The van der Waals surface area contributed by atoms with Crippen molar-refractivity contribution in [1.29, 1.82) is 0 Å². The molecule has 1 heterocycles. The third-order valence-electron chi connectivity index (χ3n) is 3.05. The third-order valence-corrected chi connectivity index (χ3v) is 3.55. The Bertz CT molecular complexity index is 825. The first-order valence-electron chi connectivity index (χ1n) is 7.46. The lowest BCUT2D eigenvalue weighted by Crippen LogP contribution is -2.22. The molecule has 136 valence electrons. The van der Waals surface area contributed by atoms with E-state index >= 15 is 0 Å². The van der Waals surface area contributed by atoms with Crippen LogP contribution in [0.4, 0.5) is 11.5 Å². The van der Waals surface area contributed by atoms with Crippen molar-refractivity contribution in [3.05, 3.63) is 52.1 Å². The summed E-state index contributed by atoms with van der Waals surface area (Å²) in [5.41, 5.74) is 1.31. The highest BCUT2D eigenvalue weighted by molar-refractivity contribution is 6.36. The number of halogens is 2. The Labute approximate surface area is 159 Å². The zero-order valence-corrected chi connectivity index (χ0v) is 15.2. The maximum absolute atomic E-state index is 11.8. The van der Waals surface area contributed by atoms with E-state index in [1.165, 1.54) is 19.2 Å². The average Bonchev–Trinajstić information content (AvgIpc) is 2.57. The van der Waals surface area contributed by atoms with Crippen LogP contribution in [0, 0.1) is 0 Å². The molecule has 26 heavy (non-hydrogen) atoms. The first-order chi connectivity index (χ1) is 12.3. The van der Waals surface area contributed by atoms with Gasteiger partial charge in [-0.25, -0.2) is 4.98 Å². The number of pyridine rings is 1. The van der Waals surface area contributed by atoms with Crippen LogP contribution in [0.25, 0.3) is 0 Å². The van der Waals surface area contributed by atoms with Crippen molar-refractivity contribution in [2.75, 3.05) is 17.2 Å². The number of carbonyl (C=O) groups is 3. The molecule has 0 aliphatic carbocycles. The molecule has 0 atom stereocenters. The Hall–Kier alpha value is -2.64. The van der Waals surface area contributed by atoms with Gasteiger partial charge in [0.2, 0.25) is 5.91 Å². The maximum Gasteiger partial charge on any atom is 0.310 e. The largest absolute Gasteiger partial charge is 0.455 e. The van der Waals surface area contributed by atoms with Crippen molar-refractivity contribution in [2.45, 2.75) is 13.3 Å². The highest BCUT2D eigenvalue weighted by Crippen LogP contribution is 2.22. The predicted molar refractivity (Wildman–Crippen MR) is 98.3 cm³/mol. The summed E-state index contributed by atoms with van der Waals surface area (Å²) in [6.07, 6.45) is 1.33. The van der Waals surface area contributed by atoms with Gasteiger partial charge in [-0.3, -0.25) is 14.4 Å². The number of aromatic nitrogens is 1. The highest BCUT2D eigenvalue weighted by Gasteiger charge is 2.11. The number of hydrogen-bond donors (Lipinski definition) is 2. The normalized spacial score (nSPS) is 10.1. The molecule has 2 N–H and O–H groups in total. The first kappa shape index (κ1) is 19.7. The molecule has 0 bridgehead atoms. The standard InChI is InChI=1S/C17H15Cl2N3O4/c1-10(23)21-13-4-2-11(3-5-13)6-16(25)26-9-15(24)22-17-14(19)7-12(18)8-20-17/h2-5,7-8H,6,9H2,1H3,(H,21,23)(H,20,22,24). The molecule has 0 aliphatic heterocycles. The van der Waals surface area contributed by atoms with Gasteiger partial charge >= 0.3 is 5.97 Å². The number of amides is 2. The molecule has 1 aromatic heterocycles. The van der Waals surface area contributed by atoms with Gasteiger partial charge in [0, 0.05) is 18.8 Å². The number of nitrogens with zero attached hydrogens (tertiary/aromatic N) is 1. The molecule has 1 aromatic carbocycles. The van der Waals surface area contributed by atoms with E-state index in [1.54, 1.807) is 24.3 Å². The zero-order valence-electron chi connectivity index (χ0n) is 13.7. The summed E-state index contributed by atoms with van der Waals surface area (Å²) in [5, 5.41) is 5.56. The predicted octanol–water partition coefficient (Wildman–Crippen LogP) is 3.07. The smallest absolute Gasteiger partial charge is 0.310 e. The number of carbonyl (C=O) groups excluding carboxylic acids is 3. The minimum atomic E-state index is -0.573. The molecule has 0 spiro atoms. The SMILES string of the molecule is CC(=O)Nc1ccc(CC(=O)OCC(=O)Nc2ncc(Cl)cc2Cl)cc1. The van der Waals surface area contributed by atoms with E-state index in [1.807, 2.05) is 0 Å². The highest BCUT2D eigenvalue weighted by atomic mass is 35.5. The summed E-state index contributed by atoms with van der Waals surface area (Å²) < 4.78 is 4.92. The molecule has 0 saturated heterocycles. The van der Waals surface area contributed by atoms with Gasteiger partial charge in [-0.1, -0.05) is 35.3 Å². The zero-order chi connectivity index (χ0) is 19.1. The van der Waals surface area contributed by atoms with Crippen LogP contribution in [-0.2, 0) is 25.5 Å². The Morgan fingerprint density at radius 2 is 1.81 bits per heavy atom. The van der Waals surface area contributed by atoms with E-state index in [2.05, 4.69) is 15.6 Å². The third kappa shape index (κ3) is 6.34. The maximum atomic E-state index is 11.8. The van der Waals surface area contributed by atoms with Gasteiger partial charge in [-0.15, -0.1) is 0 Å². The fourth-order valence-corrected chi connectivity index (χ4v) is 2.37. The van der Waals surface area contributed by atoms with E-state index < -0.39 is 18.5 Å². The minimum absolute atomic E-state index is 0.00637. The van der Waals surface area contributed by atoms with Crippen LogP contribution in [0.1, 0.15) is 12.5 Å². The molecule has 0 saturated carbocycles. The van der Waals surface area contributed by atoms with Gasteiger partial charge < -0.3 is 15.4 Å². The molecule has 0 unspecified atom stereocenters. The lowest BCUT2D eigenvalue weighted by Gasteiger charge is -2.08. The van der Waals surface area contributed by atoms with E-state index in [4.69, 9.17) is 27.9 Å². The molecule has 0 radical (unpaired) electrons. The molecule has 0 fully saturated rings. The van der Waals surface area contributed by atoms with Gasteiger partial charge in [0.25, 0.3) is 5.91 Å². The quantitative estimate of drug-likeness (QED) is 0.732. The van der Waals surface area contributed by atoms with E-state index in [0.29, 0.717) is 16.3 Å². The second-order valence-corrected chi connectivity index (χ2v) is 6.09. The van der Waals surface area contributed by atoms with E-state index in [9.17, 15) is 14.4 Å². The second kappa shape index (κ2) is 9.17. The number of anilines is 2. The fraction of sp³-hybridized carbons (Fsp3) is 0.176.